The van der Waals surface area contributed by atoms with Crippen molar-refractivity contribution in [3.63, 3.8) is 0 Å². The Hall–Kier alpha value is -1.66. The molecule has 0 radical (unpaired) electrons. The molecule has 2 saturated heterocycles. The molecule has 0 amide bonds. The molecular formula is C15H21N3O3. The van der Waals surface area contributed by atoms with E-state index in [1.165, 1.54) is 26.0 Å². The van der Waals surface area contributed by atoms with E-state index >= 15 is 0 Å². The van der Waals surface area contributed by atoms with Gasteiger partial charge in [-0.2, -0.15) is 0 Å². The molecule has 1 N–H and O–H groups in total. The average Bonchev–Trinajstić information content (AvgIpc) is 2.88. The van der Waals surface area contributed by atoms with Crippen molar-refractivity contribution in [3.8, 4) is 5.75 Å². The Bertz CT molecular complexity index is 521. The van der Waals surface area contributed by atoms with Gasteiger partial charge in [-0.05, 0) is 36.9 Å². The van der Waals surface area contributed by atoms with Crippen LogP contribution in [0.3, 0.4) is 0 Å². The van der Waals surface area contributed by atoms with Crippen molar-refractivity contribution in [2.45, 2.75) is 25.4 Å². The normalized spacial score (nSPS) is 25.6. The van der Waals surface area contributed by atoms with Crippen molar-refractivity contribution in [1.82, 2.24) is 10.2 Å². The van der Waals surface area contributed by atoms with Crippen LogP contribution < -0.4 is 10.1 Å². The molecule has 6 heteroatoms. The van der Waals surface area contributed by atoms with E-state index in [-0.39, 0.29) is 10.6 Å². The van der Waals surface area contributed by atoms with Crippen molar-refractivity contribution in [3.05, 3.63) is 33.9 Å². The van der Waals surface area contributed by atoms with Gasteiger partial charge in [0.1, 0.15) is 5.75 Å². The fraction of sp³-hybridized carbons (Fsp3) is 0.600. The van der Waals surface area contributed by atoms with E-state index in [9.17, 15) is 10.1 Å². The summed E-state index contributed by atoms with van der Waals surface area (Å²) < 4.78 is 5.17. The zero-order chi connectivity index (χ0) is 14.8. The molecule has 2 heterocycles. The third-order valence-corrected chi connectivity index (χ3v) is 4.48. The number of methoxy groups -OCH3 is 1. The first-order chi connectivity index (χ1) is 10.2. The molecule has 2 fully saturated rings. The molecule has 21 heavy (non-hydrogen) atoms. The molecule has 0 aromatic heterocycles. The number of piperidine rings is 1. The van der Waals surface area contributed by atoms with Gasteiger partial charge in [-0.25, -0.2) is 0 Å². The highest BCUT2D eigenvalue weighted by atomic mass is 16.6. The number of benzene rings is 1. The summed E-state index contributed by atoms with van der Waals surface area (Å²) in [6.45, 7) is 3.95. The predicted molar refractivity (Wildman–Crippen MR) is 79.4 cm³/mol. The van der Waals surface area contributed by atoms with Gasteiger partial charge in [0.05, 0.1) is 18.1 Å². The number of hydrogen-bond donors (Lipinski definition) is 1. The lowest BCUT2D eigenvalue weighted by Crippen LogP contribution is -2.40. The smallest absolute Gasteiger partial charge is 0.273 e. The quantitative estimate of drug-likeness (QED) is 0.676. The fourth-order valence-corrected chi connectivity index (χ4v) is 3.48. The number of nitro groups is 1. The van der Waals surface area contributed by atoms with Gasteiger partial charge in [0.15, 0.2) is 0 Å². The van der Waals surface area contributed by atoms with E-state index in [1.54, 1.807) is 6.07 Å². The van der Waals surface area contributed by atoms with Gasteiger partial charge in [-0.1, -0.05) is 0 Å². The van der Waals surface area contributed by atoms with Gasteiger partial charge in [0.2, 0.25) is 0 Å². The summed E-state index contributed by atoms with van der Waals surface area (Å²) in [4.78, 5) is 13.0. The molecule has 0 aliphatic carbocycles. The van der Waals surface area contributed by atoms with E-state index in [1.807, 2.05) is 6.07 Å². The lowest BCUT2D eigenvalue weighted by atomic mass is 9.94. The molecule has 2 aliphatic rings. The van der Waals surface area contributed by atoms with E-state index < -0.39 is 0 Å². The second-order valence-corrected chi connectivity index (χ2v) is 5.95. The van der Waals surface area contributed by atoms with Crippen LogP contribution in [0, 0.1) is 16.0 Å². The molecule has 2 aliphatic heterocycles. The Morgan fingerprint density at radius 1 is 1.43 bits per heavy atom. The third-order valence-electron chi connectivity index (χ3n) is 4.48. The minimum absolute atomic E-state index is 0.0964. The molecule has 0 bridgehead atoms. The Balaban J connectivity index is 1.72. The standard InChI is InChI=1S/C15H21N3O3/c1-21-14-6-11(5-13(7-14)18(19)20)8-17-9-12-3-2-4-16-15(12)10-17/h5-7,12,15-16H,2-4,8-10H2,1H3/t12-,15+/m0/s1. The number of ether oxygens (including phenoxy) is 1. The topological polar surface area (TPSA) is 67.6 Å². The number of hydrogen-bond acceptors (Lipinski definition) is 5. The zero-order valence-electron chi connectivity index (χ0n) is 12.2. The maximum Gasteiger partial charge on any atom is 0.273 e. The molecule has 114 valence electrons. The maximum absolute atomic E-state index is 11.0. The first kappa shape index (κ1) is 14.3. The molecule has 1 aromatic carbocycles. The minimum atomic E-state index is -0.364. The van der Waals surface area contributed by atoms with Crippen molar-refractivity contribution >= 4 is 5.69 Å². The van der Waals surface area contributed by atoms with Crippen LogP contribution in [-0.2, 0) is 6.54 Å². The number of nitrogens with one attached hydrogen (secondary N) is 1. The Morgan fingerprint density at radius 2 is 2.29 bits per heavy atom. The molecule has 2 atom stereocenters. The number of nitrogens with zero attached hydrogens (tertiary/aromatic N) is 2. The third kappa shape index (κ3) is 3.16. The van der Waals surface area contributed by atoms with Crippen molar-refractivity contribution in [2.75, 3.05) is 26.7 Å². The predicted octanol–water partition coefficient (Wildman–Crippen LogP) is 1.79. The largest absolute Gasteiger partial charge is 0.496 e. The second kappa shape index (κ2) is 5.99. The van der Waals surface area contributed by atoms with Gasteiger partial charge in [-0.15, -0.1) is 0 Å². The highest BCUT2D eigenvalue weighted by Crippen LogP contribution is 2.28. The van der Waals surface area contributed by atoms with Crippen LogP contribution in [-0.4, -0.2) is 42.6 Å². The van der Waals surface area contributed by atoms with E-state index in [4.69, 9.17) is 4.74 Å². The number of rotatable bonds is 4. The number of non-ortho nitro benzene ring substituents is 1. The Kier molecular flexibility index (Phi) is 4.07. The highest BCUT2D eigenvalue weighted by molar-refractivity contribution is 5.42. The molecule has 1 aromatic rings. The average molecular weight is 291 g/mol. The summed E-state index contributed by atoms with van der Waals surface area (Å²) in [5.41, 5.74) is 1.04. The maximum atomic E-state index is 11.0. The second-order valence-electron chi connectivity index (χ2n) is 5.95. The van der Waals surface area contributed by atoms with Crippen LogP contribution >= 0.6 is 0 Å². The molecule has 6 nitrogen and oxygen atoms in total. The van der Waals surface area contributed by atoms with Crippen LogP contribution in [0.25, 0.3) is 0 Å². The lowest BCUT2D eigenvalue weighted by Gasteiger charge is -2.24. The zero-order valence-corrected chi connectivity index (χ0v) is 12.2. The highest BCUT2D eigenvalue weighted by Gasteiger charge is 2.34. The minimum Gasteiger partial charge on any atom is -0.496 e. The molecule has 0 saturated carbocycles. The van der Waals surface area contributed by atoms with Gasteiger partial charge in [0, 0.05) is 31.7 Å². The summed E-state index contributed by atoms with van der Waals surface area (Å²) in [7, 11) is 1.54. The van der Waals surface area contributed by atoms with Crippen molar-refractivity contribution in [1.29, 1.82) is 0 Å². The molecule has 0 spiro atoms. The monoisotopic (exact) mass is 291 g/mol. The Morgan fingerprint density at radius 3 is 3.00 bits per heavy atom. The number of likely N-dealkylation sites (tertiary alicyclic amines) is 1. The van der Waals surface area contributed by atoms with Gasteiger partial charge in [-0.3, -0.25) is 15.0 Å². The summed E-state index contributed by atoms with van der Waals surface area (Å²) in [6, 6.07) is 5.59. The number of nitro benzene ring substituents is 1. The Labute approximate surface area is 124 Å². The van der Waals surface area contributed by atoms with Crippen LogP contribution in [0.2, 0.25) is 0 Å². The van der Waals surface area contributed by atoms with E-state index in [2.05, 4.69) is 10.2 Å². The summed E-state index contributed by atoms with van der Waals surface area (Å²) >= 11 is 0. The van der Waals surface area contributed by atoms with E-state index in [0.717, 1.165) is 37.7 Å². The SMILES string of the molecule is COc1cc(CN2C[C@@H]3CCCN[C@@H]3C2)cc([N+](=O)[O-])c1. The summed E-state index contributed by atoms with van der Waals surface area (Å²) in [5.74, 6) is 1.27. The van der Waals surface area contributed by atoms with Gasteiger partial charge >= 0.3 is 0 Å². The lowest BCUT2D eigenvalue weighted by molar-refractivity contribution is -0.385. The van der Waals surface area contributed by atoms with Crippen LogP contribution in [0.1, 0.15) is 18.4 Å². The number of fused-ring (bicyclic) bond motifs is 1. The molecular weight excluding hydrogens is 270 g/mol. The molecule has 0 unspecified atom stereocenters. The van der Waals surface area contributed by atoms with Gasteiger partial charge < -0.3 is 10.1 Å². The van der Waals surface area contributed by atoms with Crippen LogP contribution in [0.4, 0.5) is 5.69 Å². The van der Waals surface area contributed by atoms with Gasteiger partial charge in [0.25, 0.3) is 5.69 Å². The van der Waals surface area contributed by atoms with E-state index in [0.29, 0.717) is 11.8 Å². The van der Waals surface area contributed by atoms with Crippen LogP contribution in [0.15, 0.2) is 18.2 Å². The van der Waals surface area contributed by atoms with Crippen molar-refractivity contribution < 1.29 is 9.66 Å². The van der Waals surface area contributed by atoms with Crippen molar-refractivity contribution in [2.24, 2.45) is 5.92 Å². The fourth-order valence-electron chi connectivity index (χ4n) is 3.48. The first-order valence-electron chi connectivity index (χ1n) is 7.44. The first-order valence-corrected chi connectivity index (χ1v) is 7.44. The summed E-state index contributed by atoms with van der Waals surface area (Å²) in [6.07, 6.45) is 2.53. The molecule has 3 rings (SSSR count). The summed E-state index contributed by atoms with van der Waals surface area (Å²) in [5, 5.41) is 14.6. The van der Waals surface area contributed by atoms with Crippen LogP contribution in [0.5, 0.6) is 5.75 Å².